The third-order valence-corrected chi connectivity index (χ3v) is 12.0. The maximum Gasteiger partial charge on any atom is 0.0796 e. The number of aryl methyl sites for hydroxylation is 3. The number of rotatable bonds is 7. The first kappa shape index (κ1) is 29.7. The highest BCUT2D eigenvalue weighted by molar-refractivity contribution is 6.89. The van der Waals surface area contributed by atoms with Crippen molar-refractivity contribution in [2.75, 3.05) is 4.90 Å². The molecule has 2 heterocycles. The predicted octanol–water partition coefficient (Wildman–Crippen LogP) is 9.30. The molecule has 5 rings (SSSR count). The molecule has 5 heteroatoms. The van der Waals surface area contributed by atoms with Crippen LogP contribution in [0.4, 0.5) is 17.1 Å². The maximum atomic E-state index is 4.90. The Bertz CT molecular complexity index is 1590. The van der Waals surface area contributed by atoms with Crippen molar-refractivity contribution < 1.29 is 0 Å². The number of benzene rings is 3. The molecule has 3 nitrogen and oxygen atoms in total. The van der Waals surface area contributed by atoms with Crippen LogP contribution < -0.4 is 15.3 Å². The van der Waals surface area contributed by atoms with Crippen molar-refractivity contribution in [3.63, 3.8) is 0 Å². The van der Waals surface area contributed by atoms with Crippen molar-refractivity contribution in [1.82, 2.24) is 9.97 Å². The average molecular weight is 586 g/mol. The SMILES string of the molecule is Cc1cc(C)c(N(c2cccc(-c3ccc([Si](C)(C)C)cn3)c2)c2cccc(-c3ccc([Si](C)(C)C)cn3)c2)c(C)c1. The van der Waals surface area contributed by atoms with Crippen LogP contribution >= 0.6 is 0 Å². The van der Waals surface area contributed by atoms with Crippen molar-refractivity contribution in [1.29, 1.82) is 0 Å². The topological polar surface area (TPSA) is 29.0 Å². The van der Waals surface area contributed by atoms with Crippen molar-refractivity contribution in [3.05, 3.63) is 114 Å². The Morgan fingerprint density at radius 2 is 0.952 bits per heavy atom. The molecule has 214 valence electrons. The summed E-state index contributed by atoms with van der Waals surface area (Å²) in [6, 6.07) is 31.0. The monoisotopic (exact) mass is 585 g/mol. The van der Waals surface area contributed by atoms with Gasteiger partial charge in [0.2, 0.25) is 0 Å². The maximum absolute atomic E-state index is 4.90. The summed E-state index contributed by atoms with van der Waals surface area (Å²) in [5.41, 5.74) is 11.4. The quantitative estimate of drug-likeness (QED) is 0.178. The van der Waals surface area contributed by atoms with E-state index in [1.807, 2.05) is 0 Å². The molecule has 2 aromatic heterocycles. The van der Waals surface area contributed by atoms with Crippen molar-refractivity contribution in [3.8, 4) is 22.5 Å². The van der Waals surface area contributed by atoms with Crippen LogP contribution in [-0.2, 0) is 0 Å². The molecule has 0 atom stereocenters. The van der Waals surface area contributed by atoms with Gasteiger partial charge >= 0.3 is 0 Å². The summed E-state index contributed by atoms with van der Waals surface area (Å²) in [7, 11) is -2.82. The summed E-state index contributed by atoms with van der Waals surface area (Å²) in [6.45, 7) is 20.8. The van der Waals surface area contributed by atoms with Crippen molar-refractivity contribution in [2.45, 2.75) is 60.1 Å². The van der Waals surface area contributed by atoms with Gasteiger partial charge in [-0.25, -0.2) is 0 Å². The van der Waals surface area contributed by atoms with Gasteiger partial charge in [-0.3, -0.25) is 9.97 Å². The highest BCUT2D eigenvalue weighted by Gasteiger charge is 2.21. The highest BCUT2D eigenvalue weighted by atomic mass is 28.3. The fraction of sp³-hybridized carbons (Fsp3) is 0.243. The van der Waals surface area contributed by atoms with Crippen molar-refractivity contribution in [2.24, 2.45) is 0 Å². The molecule has 0 N–H and O–H groups in total. The van der Waals surface area contributed by atoms with E-state index in [0.29, 0.717) is 0 Å². The standard InChI is InChI=1S/C37H43N3Si2/c1-26-20-27(2)37(28(3)21-26)40(31-14-10-12-29(22-31)35-18-16-33(24-38-35)41(4,5)6)32-15-11-13-30(23-32)36-19-17-34(25-39-36)42(7,8)9/h10-25H,1-9H3. The van der Waals surface area contributed by atoms with Gasteiger partial charge in [0.15, 0.2) is 0 Å². The molecule has 0 amide bonds. The first-order valence-electron chi connectivity index (χ1n) is 14.8. The van der Waals surface area contributed by atoms with Gasteiger partial charge in [0, 0.05) is 34.9 Å². The fourth-order valence-electron chi connectivity index (χ4n) is 5.56. The summed E-state index contributed by atoms with van der Waals surface area (Å²) in [5, 5.41) is 2.75. The second kappa shape index (κ2) is 11.5. The lowest BCUT2D eigenvalue weighted by Crippen LogP contribution is -2.37. The Labute approximate surface area is 254 Å². The predicted molar refractivity (Wildman–Crippen MR) is 188 cm³/mol. The molecular weight excluding hydrogens is 543 g/mol. The lowest BCUT2D eigenvalue weighted by Gasteiger charge is -2.30. The zero-order valence-electron chi connectivity index (χ0n) is 26.6. The molecule has 0 fully saturated rings. The Morgan fingerprint density at radius 3 is 1.31 bits per heavy atom. The van der Waals surface area contributed by atoms with Gasteiger partial charge in [-0.15, -0.1) is 0 Å². The van der Waals surface area contributed by atoms with Crippen LogP contribution in [0.25, 0.3) is 22.5 Å². The molecule has 0 radical (unpaired) electrons. The molecule has 0 aliphatic carbocycles. The van der Waals surface area contributed by atoms with Gasteiger partial charge in [-0.1, -0.05) is 93.4 Å². The molecule has 5 aromatic rings. The van der Waals surface area contributed by atoms with E-state index in [-0.39, 0.29) is 0 Å². The van der Waals surface area contributed by atoms with Crippen LogP contribution in [0.3, 0.4) is 0 Å². The van der Waals surface area contributed by atoms with Crippen LogP contribution in [-0.4, -0.2) is 26.1 Å². The summed E-state index contributed by atoms with van der Waals surface area (Å²) in [6.07, 6.45) is 4.15. The summed E-state index contributed by atoms with van der Waals surface area (Å²) in [4.78, 5) is 12.2. The number of anilines is 3. The number of hydrogen-bond donors (Lipinski definition) is 0. The number of hydrogen-bond acceptors (Lipinski definition) is 3. The molecule has 0 saturated carbocycles. The third kappa shape index (κ3) is 6.32. The van der Waals surface area contributed by atoms with E-state index < -0.39 is 16.1 Å². The number of pyridine rings is 2. The Morgan fingerprint density at radius 1 is 0.524 bits per heavy atom. The molecule has 42 heavy (non-hydrogen) atoms. The largest absolute Gasteiger partial charge is 0.310 e. The Balaban J connectivity index is 1.63. The second-order valence-electron chi connectivity index (χ2n) is 13.5. The molecule has 0 aliphatic rings. The van der Waals surface area contributed by atoms with Crippen LogP contribution in [0.15, 0.2) is 97.3 Å². The molecule has 3 aromatic carbocycles. The molecule has 0 saturated heterocycles. The van der Waals surface area contributed by atoms with E-state index in [0.717, 1.165) is 33.9 Å². The second-order valence-corrected chi connectivity index (χ2v) is 23.7. The minimum atomic E-state index is -1.41. The average Bonchev–Trinajstić information content (AvgIpc) is 2.94. The lowest BCUT2D eigenvalue weighted by atomic mass is 10.0. The Hall–Kier alpha value is -3.81. The molecular formula is C37H43N3Si2. The van der Waals surface area contributed by atoms with Gasteiger partial charge in [0.1, 0.15) is 0 Å². The first-order valence-corrected chi connectivity index (χ1v) is 21.8. The van der Waals surface area contributed by atoms with Crippen molar-refractivity contribution >= 4 is 43.6 Å². The van der Waals surface area contributed by atoms with Crippen LogP contribution in [0.1, 0.15) is 16.7 Å². The smallest absolute Gasteiger partial charge is 0.0796 e. The third-order valence-electron chi connectivity index (χ3n) is 7.92. The van der Waals surface area contributed by atoms with Gasteiger partial charge in [-0.05, 0) is 78.7 Å². The van der Waals surface area contributed by atoms with Crippen LogP contribution in [0.2, 0.25) is 39.3 Å². The van der Waals surface area contributed by atoms with Crippen LogP contribution in [0, 0.1) is 20.8 Å². The molecule has 0 spiro atoms. The Kier molecular flexibility index (Phi) is 8.10. The number of aromatic nitrogens is 2. The van der Waals surface area contributed by atoms with E-state index >= 15 is 0 Å². The molecule has 0 bridgehead atoms. The van der Waals surface area contributed by atoms with Gasteiger partial charge < -0.3 is 4.90 Å². The first-order chi connectivity index (χ1) is 19.8. The highest BCUT2D eigenvalue weighted by Crippen LogP contribution is 2.41. The van der Waals surface area contributed by atoms with E-state index in [1.165, 1.54) is 32.8 Å². The summed E-state index contributed by atoms with van der Waals surface area (Å²) < 4.78 is 0. The minimum Gasteiger partial charge on any atom is -0.310 e. The van der Waals surface area contributed by atoms with E-state index in [4.69, 9.17) is 9.97 Å². The minimum absolute atomic E-state index is 0.997. The lowest BCUT2D eigenvalue weighted by molar-refractivity contribution is 1.20. The molecule has 0 unspecified atom stereocenters. The summed E-state index contributed by atoms with van der Waals surface area (Å²) >= 11 is 0. The summed E-state index contributed by atoms with van der Waals surface area (Å²) in [5.74, 6) is 0. The zero-order chi connectivity index (χ0) is 30.2. The van der Waals surface area contributed by atoms with E-state index in [1.54, 1.807) is 0 Å². The normalized spacial score (nSPS) is 11.9. The van der Waals surface area contributed by atoms with Gasteiger partial charge in [0.05, 0.1) is 33.2 Å². The zero-order valence-corrected chi connectivity index (χ0v) is 28.6. The van der Waals surface area contributed by atoms with E-state index in [9.17, 15) is 0 Å². The van der Waals surface area contributed by atoms with E-state index in [2.05, 4.69) is 162 Å². The number of nitrogens with zero attached hydrogens (tertiary/aromatic N) is 3. The fourth-order valence-corrected chi connectivity index (χ4v) is 7.63. The molecule has 0 aliphatic heterocycles. The van der Waals surface area contributed by atoms with Crippen LogP contribution in [0.5, 0.6) is 0 Å². The van der Waals surface area contributed by atoms with Gasteiger partial charge in [0.25, 0.3) is 0 Å². The van der Waals surface area contributed by atoms with Gasteiger partial charge in [-0.2, -0.15) is 0 Å².